The fourth-order valence-electron chi connectivity index (χ4n) is 8.24. The number of carbonyl (C=O) groups is 4. The monoisotopic (exact) mass is 727 g/mol. The lowest BCUT2D eigenvalue weighted by Crippen LogP contribution is -2.65. The summed E-state index contributed by atoms with van der Waals surface area (Å²) < 4.78 is 7.69. The minimum atomic E-state index is -0.681. The van der Waals surface area contributed by atoms with Crippen LogP contribution in [0.1, 0.15) is 49.0 Å². The summed E-state index contributed by atoms with van der Waals surface area (Å²) in [7, 11) is 1.80. The average Bonchev–Trinajstić information content (AvgIpc) is 3.71. The number of carbonyl (C=O) groups excluding carboxylic acids is 4. The molecule has 8 rings (SSSR count). The fourth-order valence-corrected chi connectivity index (χ4v) is 8.24. The molecule has 280 valence electrons. The summed E-state index contributed by atoms with van der Waals surface area (Å²) in [5.41, 5.74) is 6.87. The number of nitrogens with one attached hydrogen (secondary N) is 3. The molecular weight excluding hydrogens is 682 g/mol. The van der Waals surface area contributed by atoms with Crippen molar-refractivity contribution in [2.45, 2.75) is 56.2 Å². The van der Waals surface area contributed by atoms with Gasteiger partial charge in [0.25, 0.3) is 5.91 Å². The van der Waals surface area contributed by atoms with Crippen LogP contribution in [0.2, 0.25) is 0 Å². The molecule has 5 saturated heterocycles. The molecule has 5 aliphatic heterocycles. The Labute approximate surface area is 306 Å². The Hall–Kier alpha value is -5.52. The van der Waals surface area contributed by atoms with Gasteiger partial charge in [-0.05, 0) is 50.2 Å². The average molecular weight is 728 g/mol. The first kappa shape index (κ1) is 34.6. The molecule has 8 heterocycles. The highest BCUT2D eigenvalue weighted by Gasteiger charge is 2.55. The quantitative estimate of drug-likeness (QED) is 0.216. The highest BCUT2D eigenvalue weighted by atomic mass is 16.6. The number of amides is 4. The van der Waals surface area contributed by atoms with E-state index in [1.807, 2.05) is 23.2 Å². The van der Waals surface area contributed by atoms with Crippen molar-refractivity contribution >= 4 is 52.6 Å². The van der Waals surface area contributed by atoms with Gasteiger partial charge in [-0.1, -0.05) is 0 Å². The van der Waals surface area contributed by atoms with E-state index in [9.17, 15) is 19.2 Å². The zero-order valence-corrected chi connectivity index (χ0v) is 29.7. The van der Waals surface area contributed by atoms with Crippen molar-refractivity contribution < 1.29 is 23.9 Å². The van der Waals surface area contributed by atoms with Crippen molar-refractivity contribution in [1.82, 2.24) is 39.8 Å². The number of ether oxygens (including phenoxy) is 1. The van der Waals surface area contributed by atoms with Gasteiger partial charge in [0, 0.05) is 65.5 Å². The van der Waals surface area contributed by atoms with Crippen LogP contribution in [-0.4, -0.2) is 128 Å². The van der Waals surface area contributed by atoms with E-state index in [4.69, 9.17) is 15.5 Å². The number of nitrogens with zero attached hydrogens (tertiary/aromatic N) is 9. The Balaban J connectivity index is 0.806. The van der Waals surface area contributed by atoms with Crippen molar-refractivity contribution in [2.24, 2.45) is 18.7 Å². The number of rotatable bonds is 10. The number of aromatic nitrogens is 5. The summed E-state index contributed by atoms with van der Waals surface area (Å²) in [5, 5.41) is 12.8. The Kier molecular flexibility index (Phi) is 9.22. The second-order valence-corrected chi connectivity index (χ2v) is 14.9. The zero-order chi connectivity index (χ0) is 36.7. The summed E-state index contributed by atoms with van der Waals surface area (Å²) in [6, 6.07) is 3.43. The lowest BCUT2D eigenvalue weighted by molar-refractivity contribution is -0.133. The van der Waals surface area contributed by atoms with E-state index in [0.717, 1.165) is 70.6 Å². The number of aryl methyl sites for hydroxylation is 1. The highest BCUT2D eigenvalue weighted by molar-refractivity contribution is 6.01. The molecule has 0 bridgehead atoms. The third kappa shape index (κ3) is 7.40. The Morgan fingerprint density at radius 1 is 1.02 bits per heavy atom. The maximum absolute atomic E-state index is 13.2. The van der Waals surface area contributed by atoms with E-state index in [0.29, 0.717) is 49.2 Å². The largest absolute Gasteiger partial charge is 0.438 e. The van der Waals surface area contributed by atoms with Crippen LogP contribution in [0.5, 0.6) is 0 Å². The third-order valence-electron chi connectivity index (χ3n) is 10.9. The van der Waals surface area contributed by atoms with Crippen molar-refractivity contribution in [3.8, 4) is 0 Å². The zero-order valence-electron chi connectivity index (χ0n) is 29.7. The minimum Gasteiger partial charge on any atom is -0.438 e. The normalized spacial score (nSPS) is 23.5. The van der Waals surface area contributed by atoms with Crippen molar-refractivity contribution in [3.05, 3.63) is 42.6 Å². The number of hydrogen-bond acceptors (Lipinski definition) is 14. The summed E-state index contributed by atoms with van der Waals surface area (Å²) in [4.78, 5) is 71.2. The first-order valence-corrected chi connectivity index (χ1v) is 18.3. The summed E-state index contributed by atoms with van der Waals surface area (Å²) in [5.74, 6) is 0.812. The SMILES string of the molecule is Cn1cc(Nc2nc(N3CCC[C@H](N4CC5(CN(CC6CCN(c7ccc(NC8CCC(=O)NC8=O)nc7)CC6)C5)OC4=O)C3)cnc2C(N)=O)cn1. The van der Waals surface area contributed by atoms with Gasteiger partial charge in [0.15, 0.2) is 17.1 Å². The topological polar surface area (TPSA) is 209 Å². The fraction of sp³-hybridized carbons (Fsp3) is 0.543. The van der Waals surface area contributed by atoms with Gasteiger partial charge in [-0.2, -0.15) is 5.10 Å². The summed E-state index contributed by atoms with van der Waals surface area (Å²) in [6.07, 6.45) is 11.2. The molecule has 5 fully saturated rings. The molecule has 18 nitrogen and oxygen atoms in total. The number of likely N-dealkylation sites (tertiary alicyclic amines) is 1. The molecule has 2 atom stereocenters. The van der Waals surface area contributed by atoms with Crippen LogP contribution < -0.4 is 31.5 Å². The predicted octanol–water partition coefficient (Wildman–Crippen LogP) is 1.06. The molecule has 53 heavy (non-hydrogen) atoms. The molecule has 5 N–H and O–H groups in total. The van der Waals surface area contributed by atoms with Crippen LogP contribution in [-0.2, 0) is 21.4 Å². The standard InChI is InChI=1S/C35H45N13O5/c1-44-17-23(13-39-44)40-32-30(31(36)50)38-15-28(42-32)47-10-2-3-25(18-47)48-21-35(53-34(48)52)19-45(20-35)16-22-8-11-46(12-9-22)24-4-6-27(37-14-24)41-26-5-7-29(49)43-33(26)51/h4,6,13-15,17,22,25-26H,2-3,5,7-12,16,18-21H2,1H3,(H2,36,50)(H,37,41)(H,40,42)(H,43,49,51)/t25-,26?/m0/s1. The molecule has 3 aromatic heterocycles. The van der Waals surface area contributed by atoms with Gasteiger partial charge in [-0.3, -0.25) is 34.2 Å². The second kappa shape index (κ2) is 14.1. The molecule has 3 aromatic rings. The highest BCUT2D eigenvalue weighted by Crippen LogP contribution is 2.37. The number of primary amides is 1. The molecule has 5 aliphatic rings. The Bertz CT molecular complexity index is 1870. The van der Waals surface area contributed by atoms with Crippen LogP contribution in [0.25, 0.3) is 0 Å². The number of hydrogen-bond donors (Lipinski definition) is 4. The van der Waals surface area contributed by atoms with Gasteiger partial charge >= 0.3 is 6.09 Å². The first-order valence-electron chi connectivity index (χ1n) is 18.3. The molecule has 4 amide bonds. The third-order valence-corrected chi connectivity index (χ3v) is 10.9. The van der Waals surface area contributed by atoms with Crippen LogP contribution in [0.3, 0.4) is 0 Å². The first-order chi connectivity index (χ1) is 25.6. The van der Waals surface area contributed by atoms with E-state index in [1.54, 1.807) is 30.3 Å². The lowest BCUT2D eigenvalue weighted by Gasteiger charge is -2.48. The van der Waals surface area contributed by atoms with Gasteiger partial charge in [-0.25, -0.2) is 19.7 Å². The van der Waals surface area contributed by atoms with E-state index in [2.05, 4.69) is 45.7 Å². The van der Waals surface area contributed by atoms with Gasteiger partial charge in [0.1, 0.15) is 17.7 Å². The van der Waals surface area contributed by atoms with E-state index in [1.165, 1.54) is 0 Å². The van der Waals surface area contributed by atoms with E-state index in [-0.39, 0.29) is 35.5 Å². The van der Waals surface area contributed by atoms with Crippen LogP contribution in [0, 0.1) is 5.92 Å². The maximum atomic E-state index is 13.2. The van der Waals surface area contributed by atoms with Crippen LogP contribution in [0.4, 0.5) is 33.6 Å². The maximum Gasteiger partial charge on any atom is 0.410 e. The molecule has 1 unspecified atom stereocenters. The molecule has 0 saturated carbocycles. The molecule has 1 spiro atoms. The Morgan fingerprint density at radius 3 is 2.57 bits per heavy atom. The number of anilines is 5. The van der Waals surface area contributed by atoms with Gasteiger partial charge in [0.2, 0.25) is 11.8 Å². The van der Waals surface area contributed by atoms with Gasteiger partial charge < -0.3 is 30.9 Å². The number of piperidine rings is 3. The molecule has 0 aliphatic carbocycles. The van der Waals surface area contributed by atoms with Crippen molar-refractivity contribution in [1.29, 1.82) is 0 Å². The molecule has 18 heteroatoms. The number of imide groups is 1. The smallest absolute Gasteiger partial charge is 0.410 e. The summed E-state index contributed by atoms with van der Waals surface area (Å²) >= 11 is 0. The van der Waals surface area contributed by atoms with Crippen molar-refractivity contribution in [3.63, 3.8) is 0 Å². The Morgan fingerprint density at radius 2 is 1.85 bits per heavy atom. The summed E-state index contributed by atoms with van der Waals surface area (Å²) in [6.45, 7) is 6.22. The second-order valence-electron chi connectivity index (χ2n) is 14.9. The van der Waals surface area contributed by atoms with Crippen LogP contribution in [0.15, 0.2) is 36.9 Å². The molecule has 0 radical (unpaired) electrons. The molecule has 0 aromatic carbocycles. The number of pyridine rings is 1. The van der Waals surface area contributed by atoms with E-state index < -0.39 is 17.6 Å². The van der Waals surface area contributed by atoms with E-state index >= 15 is 0 Å². The van der Waals surface area contributed by atoms with Crippen molar-refractivity contribution in [2.75, 3.05) is 72.8 Å². The minimum absolute atomic E-state index is 0.0295. The molecular formula is C35H45N13O5. The number of nitrogens with two attached hydrogens (primary N) is 1. The predicted molar refractivity (Wildman–Crippen MR) is 194 cm³/mol. The van der Waals surface area contributed by atoms with Gasteiger partial charge in [-0.15, -0.1) is 0 Å². The van der Waals surface area contributed by atoms with Gasteiger partial charge in [0.05, 0.1) is 42.6 Å². The lowest BCUT2D eigenvalue weighted by atomic mass is 9.89. The van der Waals surface area contributed by atoms with Crippen LogP contribution >= 0.6 is 0 Å².